The number of amides is 3. The van der Waals surface area contributed by atoms with E-state index in [-0.39, 0.29) is 35.9 Å². The number of halogens is 4. The maximum atomic E-state index is 13.9. The molecule has 3 aromatic carbocycles. The first kappa shape index (κ1) is 27.2. The van der Waals surface area contributed by atoms with E-state index in [9.17, 15) is 27.2 Å². The molecule has 12 heteroatoms. The minimum Gasteiger partial charge on any atom is -0.324 e. The van der Waals surface area contributed by atoms with Crippen molar-refractivity contribution in [3.05, 3.63) is 101 Å². The van der Waals surface area contributed by atoms with Crippen LogP contribution < -0.4 is 20.4 Å². The smallest absolute Gasteiger partial charge is 0.324 e. The predicted octanol–water partition coefficient (Wildman–Crippen LogP) is 7.05. The predicted molar refractivity (Wildman–Crippen MR) is 149 cm³/mol. The third-order valence-corrected chi connectivity index (χ3v) is 7.06. The fourth-order valence-corrected chi connectivity index (χ4v) is 4.77. The standard InChI is InChI=1S/C30H24F4N6O2/c1-17-5-8-23(36-27(41)18-3-2-4-20(13-18)30(32,33)34)14-25(17)39-16-19-15-35-28(37-22-9-6-21(31)7-10-22)38-26(19)40(29(39)42)24-11-12-24/h2-10,13-15,24H,11-12,16H2,1H3,(H,36,41)(H,35,37,38). The zero-order valence-electron chi connectivity index (χ0n) is 22.2. The molecule has 1 aromatic heterocycles. The number of hydrogen-bond acceptors (Lipinski definition) is 5. The molecule has 2 aliphatic rings. The first-order chi connectivity index (χ1) is 20.1. The molecule has 3 amide bonds. The summed E-state index contributed by atoms with van der Waals surface area (Å²) in [6.07, 6.45) is -1.31. The van der Waals surface area contributed by atoms with E-state index in [0.29, 0.717) is 28.4 Å². The maximum absolute atomic E-state index is 13.9. The van der Waals surface area contributed by atoms with E-state index >= 15 is 0 Å². The van der Waals surface area contributed by atoms with Gasteiger partial charge in [0, 0.05) is 34.7 Å². The lowest BCUT2D eigenvalue weighted by molar-refractivity contribution is -0.137. The van der Waals surface area contributed by atoms with Gasteiger partial charge in [0.15, 0.2) is 0 Å². The van der Waals surface area contributed by atoms with E-state index in [1.807, 2.05) is 6.92 Å². The fraction of sp³-hybridized carbons (Fsp3) is 0.200. The number of benzene rings is 3. The number of aromatic nitrogens is 2. The number of aryl methyl sites for hydroxylation is 1. The molecule has 0 bridgehead atoms. The molecule has 2 heterocycles. The monoisotopic (exact) mass is 576 g/mol. The molecule has 42 heavy (non-hydrogen) atoms. The Morgan fingerprint density at radius 1 is 1.00 bits per heavy atom. The van der Waals surface area contributed by atoms with E-state index in [0.717, 1.165) is 30.5 Å². The van der Waals surface area contributed by atoms with Crippen molar-refractivity contribution >= 4 is 40.8 Å². The van der Waals surface area contributed by atoms with E-state index in [1.165, 1.54) is 24.3 Å². The van der Waals surface area contributed by atoms with Crippen molar-refractivity contribution in [3.8, 4) is 0 Å². The second kappa shape index (κ2) is 10.4. The van der Waals surface area contributed by atoms with Gasteiger partial charge < -0.3 is 10.6 Å². The van der Waals surface area contributed by atoms with Crippen molar-refractivity contribution in [2.45, 2.75) is 38.5 Å². The Bertz CT molecular complexity index is 1690. The Morgan fingerprint density at radius 3 is 2.45 bits per heavy atom. The highest BCUT2D eigenvalue weighted by atomic mass is 19.4. The summed E-state index contributed by atoms with van der Waals surface area (Å²) in [6.45, 7) is 1.99. The van der Waals surface area contributed by atoms with Gasteiger partial charge in [-0.15, -0.1) is 0 Å². The molecule has 2 N–H and O–H groups in total. The SMILES string of the molecule is Cc1ccc(NC(=O)c2cccc(C(F)(F)F)c2)cc1N1Cc2cnc(Nc3ccc(F)cc3)nc2N(C2CC2)C1=O. The summed E-state index contributed by atoms with van der Waals surface area (Å²) < 4.78 is 52.7. The van der Waals surface area contributed by atoms with Gasteiger partial charge in [0.1, 0.15) is 11.6 Å². The molecule has 6 rings (SSSR count). The number of anilines is 5. The number of rotatable bonds is 6. The summed E-state index contributed by atoms with van der Waals surface area (Å²) in [6, 6.07) is 14.6. The van der Waals surface area contributed by atoms with Gasteiger partial charge in [0.2, 0.25) is 5.95 Å². The lowest BCUT2D eigenvalue weighted by Gasteiger charge is -2.37. The number of fused-ring (bicyclic) bond motifs is 1. The largest absolute Gasteiger partial charge is 0.416 e. The highest BCUT2D eigenvalue weighted by Crippen LogP contribution is 2.40. The van der Waals surface area contributed by atoms with E-state index in [2.05, 4.69) is 20.6 Å². The molecule has 0 radical (unpaired) electrons. The molecule has 0 atom stereocenters. The average Bonchev–Trinajstić information content (AvgIpc) is 3.80. The Kier molecular flexibility index (Phi) is 6.76. The summed E-state index contributed by atoms with van der Waals surface area (Å²) >= 11 is 0. The lowest BCUT2D eigenvalue weighted by Crippen LogP contribution is -2.49. The van der Waals surface area contributed by atoms with Crippen LogP contribution in [0.4, 0.5) is 51.2 Å². The summed E-state index contributed by atoms with van der Waals surface area (Å²) in [7, 11) is 0. The zero-order chi connectivity index (χ0) is 29.6. The molecule has 1 aliphatic heterocycles. The molecule has 1 aliphatic carbocycles. The van der Waals surface area contributed by atoms with Crippen molar-refractivity contribution in [3.63, 3.8) is 0 Å². The van der Waals surface area contributed by atoms with E-state index in [1.54, 1.807) is 46.3 Å². The van der Waals surface area contributed by atoms with Gasteiger partial charge in [0.05, 0.1) is 17.8 Å². The van der Waals surface area contributed by atoms with Crippen LogP contribution in [-0.2, 0) is 12.7 Å². The van der Waals surface area contributed by atoms with Crippen molar-refractivity contribution in [1.29, 1.82) is 0 Å². The highest BCUT2D eigenvalue weighted by Gasteiger charge is 2.42. The van der Waals surface area contributed by atoms with Crippen molar-refractivity contribution in [2.75, 3.05) is 20.4 Å². The van der Waals surface area contributed by atoms with Crippen LogP contribution in [0.3, 0.4) is 0 Å². The summed E-state index contributed by atoms with van der Waals surface area (Å²) in [5.74, 6) is -0.319. The molecular weight excluding hydrogens is 552 g/mol. The first-order valence-electron chi connectivity index (χ1n) is 13.2. The topological polar surface area (TPSA) is 90.5 Å². The number of alkyl halides is 3. The number of carbonyl (C=O) groups excluding carboxylic acids is 2. The molecule has 8 nitrogen and oxygen atoms in total. The Labute approximate surface area is 238 Å². The van der Waals surface area contributed by atoms with Crippen LogP contribution in [0.5, 0.6) is 0 Å². The molecule has 1 fully saturated rings. The molecular formula is C30H24F4N6O2. The van der Waals surface area contributed by atoms with Crippen LogP contribution in [0.1, 0.15) is 39.9 Å². The molecule has 0 saturated heterocycles. The minimum absolute atomic E-state index is 0.0308. The Hall–Kier alpha value is -5.00. The number of nitrogens with zero attached hydrogens (tertiary/aromatic N) is 4. The van der Waals surface area contributed by atoms with Gasteiger partial charge in [-0.3, -0.25) is 14.6 Å². The van der Waals surface area contributed by atoms with E-state index < -0.39 is 17.6 Å². The number of urea groups is 1. The normalized spacial score (nSPS) is 14.9. The molecule has 214 valence electrons. The van der Waals surface area contributed by atoms with Gasteiger partial charge in [0.25, 0.3) is 5.91 Å². The third kappa shape index (κ3) is 5.47. The van der Waals surface area contributed by atoms with Gasteiger partial charge in [-0.1, -0.05) is 12.1 Å². The van der Waals surface area contributed by atoms with Crippen molar-refractivity contribution in [1.82, 2.24) is 9.97 Å². The average molecular weight is 577 g/mol. The van der Waals surface area contributed by atoms with Gasteiger partial charge in [-0.2, -0.15) is 18.2 Å². The quantitative estimate of drug-likeness (QED) is 0.240. The van der Waals surface area contributed by atoms with Gasteiger partial charge >= 0.3 is 12.2 Å². The fourth-order valence-electron chi connectivity index (χ4n) is 4.77. The minimum atomic E-state index is -4.58. The second-order valence-electron chi connectivity index (χ2n) is 10.2. The van der Waals surface area contributed by atoms with Crippen LogP contribution >= 0.6 is 0 Å². The summed E-state index contributed by atoms with van der Waals surface area (Å²) in [4.78, 5) is 38.9. The Morgan fingerprint density at radius 2 is 1.74 bits per heavy atom. The van der Waals surface area contributed by atoms with Crippen LogP contribution in [0.2, 0.25) is 0 Å². The van der Waals surface area contributed by atoms with Crippen molar-refractivity contribution < 1.29 is 27.2 Å². The summed E-state index contributed by atoms with van der Waals surface area (Å²) in [5.41, 5.74) is 1.86. The highest BCUT2D eigenvalue weighted by molar-refractivity contribution is 6.08. The number of hydrogen-bond donors (Lipinski definition) is 2. The zero-order valence-corrected chi connectivity index (χ0v) is 22.2. The van der Waals surface area contributed by atoms with Crippen LogP contribution in [-0.4, -0.2) is 27.9 Å². The third-order valence-electron chi connectivity index (χ3n) is 7.06. The maximum Gasteiger partial charge on any atom is 0.416 e. The number of nitrogens with one attached hydrogen (secondary N) is 2. The Balaban J connectivity index is 1.27. The molecule has 1 saturated carbocycles. The summed E-state index contributed by atoms with van der Waals surface area (Å²) in [5, 5.41) is 5.68. The molecule has 4 aromatic rings. The van der Waals surface area contributed by atoms with Crippen LogP contribution in [0.25, 0.3) is 0 Å². The number of carbonyl (C=O) groups is 2. The molecule has 0 spiro atoms. The van der Waals surface area contributed by atoms with Gasteiger partial charge in [-0.05, 0) is 79.9 Å². The lowest BCUT2D eigenvalue weighted by atomic mass is 10.1. The first-order valence-corrected chi connectivity index (χ1v) is 13.2. The van der Waals surface area contributed by atoms with Crippen LogP contribution in [0, 0.1) is 12.7 Å². The van der Waals surface area contributed by atoms with Gasteiger partial charge in [-0.25, -0.2) is 14.2 Å². The second-order valence-corrected chi connectivity index (χ2v) is 10.2. The molecule has 0 unspecified atom stereocenters. The van der Waals surface area contributed by atoms with Crippen LogP contribution in [0.15, 0.2) is 72.9 Å². The van der Waals surface area contributed by atoms with E-state index in [4.69, 9.17) is 0 Å². The van der Waals surface area contributed by atoms with Crippen molar-refractivity contribution in [2.24, 2.45) is 0 Å².